The maximum absolute atomic E-state index is 12.2. The number of aliphatic hydroxyl groups is 1. The highest BCUT2D eigenvalue weighted by atomic mass is 16.3. The van der Waals surface area contributed by atoms with Crippen LogP contribution in [0.1, 0.15) is 49.6 Å². The van der Waals surface area contributed by atoms with E-state index in [0.29, 0.717) is 25.8 Å². The summed E-state index contributed by atoms with van der Waals surface area (Å²) < 4.78 is 4.99. The van der Waals surface area contributed by atoms with Gasteiger partial charge in [0.1, 0.15) is 0 Å². The Labute approximate surface area is 130 Å². The molecule has 2 heterocycles. The summed E-state index contributed by atoms with van der Waals surface area (Å²) in [4.78, 5) is 25.8. The predicted octanol–water partition coefficient (Wildman–Crippen LogP) is 1.55. The molecule has 2 atom stereocenters. The van der Waals surface area contributed by atoms with E-state index in [9.17, 15) is 14.7 Å². The van der Waals surface area contributed by atoms with Gasteiger partial charge in [-0.3, -0.25) is 9.59 Å². The minimum absolute atomic E-state index is 0.107. The topological polar surface area (TPSA) is 82.8 Å². The molecular formula is C16H24N2O4. The quantitative estimate of drug-likeness (QED) is 0.749. The van der Waals surface area contributed by atoms with Gasteiger partial charge in [0.2, 0.25) is 5.91 Å². The minimum atomic E-state index is -0.383. The van der Waals surface area contributed by atoms with Crippen molar-refractivity contribution in [3.8, 4) is 0 Å². The zero-order chi connectivity index (χ0) is 15.9. The first kappa shape index (κ1) is 16.5. The molecule has 0 radical (unpaired) electrons. The molecule has 1 aliphatic heterocycles. The monoisotopic (exact) mass is 308 g/mol. The highest BCUT2D eigenvalue weighted by molar-refractivity contribution is 5.91. The number of nitrogens with one attached hydrogen (secondary N) is 1. The van der Waals surface area contributed by atoms with E-state index in [0.717, 1.165) is 19.4 Å². The van der Waals surface area contributed by atoms with Crippen LogP contribution in [-0.2, 0) is 4.79 Å². The number of aliphatic hydroxyl groups excluding tert-OH is 1. The van der Waals surface area contributed by atoms with E-state index in [-0.39, 0.29) is 29.7 Å². The van der Waals surface area contributed by atoms with Crippen molar-refractivity contribution >= 4 is 11.8 Å². The fourth-order valence-electron chi connectivity index (χ4n) is 2.88. The van der Waals surface area contributed by atoms with Gasteiger partial charge in [0, 0.05) is 25.6 Å². The first-order valence-corrected chi connectivity index (χ1v) is 7.87. The maximum Gasteiger partial charge on any atom is 0.286 e. The van der Waals surface area contributed by atoms with E-state index < -0.39 is 0 Å². The average Bonchev–Trinajstić information content (AvgIpc) is 3.13. The van der Waals surface area contributed by atoms with Gasteiger partial charge in [-0.1, -0.05) is 0 Å². The van der Waals surface area contributed by atoms with Gasteiger partial charge in [0.15, 0.2) is 5.76 Å². The standard InChI is InChI=1S/C16H24N2O4/c1-12(19)11-13-5-3-9-18(13)15(20)7-2-8-17-16(21)14-6-4-10-22-14/h4,6,10,12-13,19H,2-3,5,7-9,11H2,1H3,(H,17,21). The number of amides is 2. The summed E-state index contributed by atoms with van der Waals surface area (Å²) in [7, 11) is 0. The molecular weight excluding hydrogens is 284 g/mol. The number of nitrogens with zero attached hydrogens (tertiary/aromatic N) is 1. The first-order chi connectivity index (χ1) is 10.6. The predicted molar refractivity (Wildman–Crippen MR) is 81.3 cm³/mol. The Kier molecular flexibility index (Phi) is 6.00. The van der Waals surface area contributed by atoms with Crippen molar-refractivity contribution in [2.45, 2.75) is 51.2 Å². The normalized spacial score (nSPS) is 19.2. The summed E-state index contributed by atoms with van der Waals surface area (Å²) in [5.74, 6) is 0.129. The van der Waals surface area contributed by atoms with Crippen molar-refractivity contribution in [1.29, 1.82) is 0 Å². The molecule has 2 unspecified atom stereocenters. The van der Waals surface area contributed by atoms with Crippen molar-refractivity contribution in [3.05, 3.63) is 24.2 Å². The second-order valence-corrected chi connectivity index (χ2v) is 5.80. The van der Waals surface area contributed by atoms with Crippen LogP contribution in [0.2, 0.25) is 0 Å². The zero-order valence-electron chi connectivity index (χ0n) is 13.0. The summed E-state index contributed by atoms with van der Waals surface area (Å²) in [6.07, 6.45) is 4.68. The zero-order valence-corrected chi connectivity index (χ0v) is 13.0. The maximum atomic E-state index is 12.2. The minimum Gasteiger partial charge on any atom is -0.459 e. The lowest BCUT2D eigenvalue weighted by Gasteiger charge is -2.25. The molecule has 0 aliphatic carbocycles. The van der Waals surface area contributed by atoms with Crippen LogP contribution in [0.3, 0.4) is 0 Å². The lowest BCUT2D eigenvalue weighted by molar-refractivity contribution is -0.132. The van der Waals surface area contributed by atoms with Gasteiger partial charge in [-0.2, -0.15) is 0 Å². The highest BCUT2D eigenvalue weighted by Gasteiger charge is 2.28. The molecule has 6 heteroatoms. The van der Waals surface area contributed by atoms with Gasteiger partial charge in [-0.25, -0.2) is 0 Å². The Morgan fingerprint density at radius 2 is 2.36 bits per heavy atom. The van der Waals surface area contributed by atoms with Crippen LogP contribution in [0, 0.1) is 0 Å². The van der Waals surface area contributed by atoms with Crippen LogP contribution in [0.4, 0.5) is 0 Å². The van der Waals surface area contributed by atoms with Gasteiger partial charge in [0.25, 0.3) is 5.91 Å². The third-order valence-electron chi connectivity index (χ3n) is 3.91. The van der Waals surface area contributed by atoms with Gasteiger partial charge in [-0.15, -0.1) is 0 Å². The van der Waals surface area contributed by atoms with Crippen molar-refractivity contribution in [2.24, 2.45) is 0 Å². The van der Waals surface area contributed by atoms with Crippen molar-refractivity contribution in [3.63, 3.8) is 0 Å². The SMILES string of the molecule is CC(O)CC1CCCN1C(=O)CCCNC(=O)c1ccco1. The molecule has 2 amide bonds. The molecule has 122 valence electrons. The van der Waals surface area contributed by atoms with E-state index in [1.54, 1.807) is 19.1 Å². The number of rotatable bonds is 7. The largest absolute Gasteiger partial charge is 0.459 e. The molecule has 1 saturated heterocycles. The van der Waals surface area contributed by atoms with Crippen LogP contribution < -0.4 is 5.32 Å². The number of hydrogen-bond acceptors (Lipinski definition) is 4. The first-order valence-electron chi connectivity index (χ1n) is 7.87. The van der Waals surface area contributed by atoms with E-state index in [1.165, 1.54) is 6.26 Å². The third-order valence-corrected chi connectivity index (χ3v) is 3.91. The van der Waals surface area contributed by atoms with Crippen molar-refractivity contribution in [2.75, 3.05) is 13.1 Å². The van der Waals surface area contributed by atoms with Gasteiger partial charge < -0.3 is 19.7 Å². The van der Waals surface area contributed by atoms with Crippen LogP contribution >= 0.6 is 0 Å². The molecule has 2 N–H and O–H groups in total. The Morgan fingerprint density at radius 3 is 3.05 bits per heavy atom. The number of furan rings is 1. The summed E-state index contributed by atoms with van der Waals surface area (Å²) in [5, 5.41) is 12.2. The van der Waals surface area contributed by atoms with Gasteiger partial charge >= 0.3 is 0 Å². The van der Waals surface area contributed by atoms with Gasteiger partial charge in [0.05, 0.1) is 12.4 Å². The highest BCUT2D eigenvalue weighted by Crippen LogP contribution is 2.22. The molecule has 0 spiro atoms. The second-order valence-electron chi connectivity index (χ2n) is 5.80. The molecule has 6 nitrogen and oxygen atoms in total. The third kappa shape index (κ3) is 4.59. The summed E-state index contributed by atoms with van der Waals surface area (Å²) in [6, 6.07) is 3.42. The number of likely N-dealkylation sites (tertiary alicyclic amines) is 1. The average molecular weight is 308 g/mol. The fraction of sp³-hybridized carbons (Fsp3) is 0.625. The Balaban J connectivity index is 1.68. The van der Waals surface area contributed by atoms with E-state index in [4.69, 9.17) is 4.42 Å². The molecule has 1 aliphatic rings. The second kappa shape index (κ2) is 7.98. The Morgan fingerprint density at radius 1 is 1.55 bits per heavy atom. The molecule has 1 aromatic rings. The summed E-state index contributed by atoms with van der Waals surface area (Å²) in [6.45, 7) is 2.97. The van der Waals surface area contributed by atoms with Crippen LogP contribution in [0.15, 0.2) is 22.8 Å². The van der Waals surface area contributed by atoms with Crippen LogP contribution in [0.5, 0.6) is 0 Å². The molecule has 2 rings (SSSR count). The summed E-state index contributed by atoms with van der Waals surface area (Å²) >= 11 is 0. The molecule has 0 bridgehead atoms. The number of hydrogen-bond donors (Lipinski definition) is 2. The number of carbonyl (C=O) groups excluding carboxylic acids is 2. The van der Waals surface area contributed by atoms with E-state index in [1.807, 2.05) is 4.90 Å². The molecule has 0 aromatic carbocycles. The van der Waals surface area contributed by atoms with Crippen molar-refractivity contribution in [1.82, 2.24) is 10.2 Å². The smallest absolute Gasteiger partial charge is 0.286 e. The van der Waals surface area contributed by atoms with Crippen molar-refractivity contribution < 1.29 is 19.1 Å². The molecule has 0 saturated carbocycles. The van der Waals surface area contributed by atoms with Crippen LogP contribution in [0.25, 0.3) is 0 Å². The molecule has 22 heavy (non-hydrogen) atoms. The lowest BCUT2D eigenvalue weighted by Crippen LogP contribution is -2.37. The van der Waals surface area contributed by atoms with E-state index in [2.05, 4.69) is 5.32 Å². The van der Waals surface area contributed by atoms with Gasteiger partial charge in [-0.05, 0) is 44.7 Å². The Hall–Kier alpha value is -1.82. The lowest BCUT2D eigenvalue weighted by atomic mass is 10.1. The van der Waals surface area contributed by atoms with E-state index >= 15 is 0 Å². The van der Waals surface area contributed by atoms with Crippen LogP contribution in [-0.4, -0.2) is 47.1 Å². The summed E-state index contributed by atoms with van der Waals surface area (Å²) in [5.41, 5.74) is 0. The molecule has 1 fully saturated rings. The Bertz CT molecular complexity index is 484. The number of carbonyl (C=O) groups is 2. The molecule has 1 aromatic heterocycles. The fourth-order valence-corrected chi connectivity index (χ4v) is 2.88.